The summed E-state index contributed by atoms with van der Waals surface area (Å²) in [6.07, 6.45) is 0. The van der Waals surface area contributed by atoms with Crippen molar-refractivity contribution >= 4 is 56.5 Å². The topological polar surface area (TPSA) is 64.0 Å². The van der Waals surface area contributed by atoms with Crippen molar-refractivity contribution in [3.63, 3.8) is 0 Å². The largest absolute Gasteiger partial charge is 0.325 e. The third-order valence-corrected chi connectivity index (χ3v) is 6.94. The highest BCUT2D eigenvalue weighted by molar-refractivity contribution is 7.99. The lowest BCUT2D eigenvalue weighted by Gasteiger charge is -2.12. The number of thioether (sulfide) groups is 1. The lowest BCUT2D eigenvalue weighted by molar-refractivity contribution is -0.113. The van der Waals surface area contributed by atoms with Crippen LogP contribution in [-0.2, 0) is 4.79 Å². The van der Waals surface area contributed by atoms with E-state index in [-0.39, 0.29) is 17.2 Å². The summed E-state index contributed by atoms with van der Waals surface area (Å²) in [6, 6.07) is 16.3. The summed E-state index contributed by atoms with van der Waals surface area (Å²) in [5.74, 6) is -0.0636. The second kappa shape index (κ2) is 8.63. The van der Waals surface area contributed by atoms with Gasteiger partial charge in [-0.1, -0.05) is 41.6 Å². The van der Waals surface area contributed by atoms with Crippen molar-refractivity contribution in [3.8, 4) is 5.69 Å². The smallest absolute Gasteiger partial charge is 0.267 e. The van der Waals surface area contributed by atoms with Gasteiger partial charge >= 0.3 is 0 Å². The van der Waals surface area contributed by atoms with Gasteiger partial charge in [-0.15, -0.1) is 11.3 Å². The molecule has 2 aromatic heterocycles. The van der Waals surface area contributed by atoms with E-state index in [0.29, 0.717) is 26.1 Å². The molecule has 5 nitrogen and oxygen atoms in total. The van der Waals surface area contributed by atoms with Gasteiger partial charge in [-0.2, -0.15) is 0 Å². The molecule has 1 amide bonds. The van der Waals surface area contributed by atoms with E-state index in [1.54, 1.807) is 28.8 Å². The van der Waals surface area contributed by atoms with Crippen LogP contribution in [0.2, 0.25) is 5.02 Å². The molecule has 0 unspecified atom stereocenters. The summed E-state index contributed by atoms with van der Waals surface area (Å²) in [6.45, 7) is 3.93. The van der Waals surface area contributed by atoms with Crippen molar-refractivity contribution in [3.05, 3.63) is 80.4 Å². The summed E-state index contributed by atoms with van der Waals surface area (Å²) in [7, 11) is 0. The zero-order valence-electron chi connectivity index (χ0n) is 16.3. The molecule has 0 aliphatic rings. The van der Waals surface area contributed by atoms with Crippen LogP contribution in [0.3, 0.4) is 0 Å². The number of amides is 1. The fourth-order valence-electron chi connectivity index (χ4n) is 3.04. The number of nitrogens with one attached hydrogen (secondary N) is 1. The molecule has 0 spiro atoms. The normalized spacial score (nSPS) is 11.0. The van der Waals surface area contributed by atoms with Crippen LogP contribution < -0.4 is 10.9 Å². The number of para-hydroxylation sites is 1. The van der Waals surface area contributed by atoms with Crippen LogP contribution in [0, 0.1) is 13.8 Å². The maximum absolute atomic E-state index is 13.4. The summed E-state index contributed by atoms with van der Waals surface area (Å²) in [5, 5.41) is 4.56. The number of aromatic nitrogens is 2. The predicted octanol–water partition coefficient (Wildman–Crippen LogP) is 5.45. The number of aryl methyl sites for hydroxylation is 2. The number of hydrogen-bond acceptors (Lipinski definition) is 5. The Bertz CT molecular complexity index is 1280. The standard InChI is InChI=1S/C22H18ClN3O2S2/c1-13-14(2)30-20-19(13)21(28)26(17-6-4-3-5-7-17)22(25-20)29-12-18(27)24-16-10-8-15(23)9-11-16/h3-11H,12H2,1-2H3,(H,24,27). The molecule has 0 aliphatic heterocycles. The van der Waals surface area contributed by atoms with E-state index in [4.69, 9.17) is 16.6 Å². The average Bonchev–Trinajstić information content (AvgIpc) is 3.02. The number of halogens is 1. The number of anilines is 1. The average molecular weight is 456 g/mol. The van der Waals surface area contributed by atoms with E-state index >= 15 is 0 Å². The number of nitrogens with zero attached hydrogens (tertiary/aromatic N) is 2. The van der Waals surface area contributed by atoms with Crippen LogP contribution >= 0.6 is 34.7 Å². The van der Waals surface area contributed by atoms with E-state index in [2.05, 4.69) is 5.32 Å². The molecule has 4 rings (SSSR count). The zero-order valence-corrected chi connectivity index (χ0v) is 18.7. The monoisotopic (exact) mass is 455 g/mol. The SMILES string of the molecule is Cc1sc2nc(SCC(=O)Nc3ccc(Cl)cc3)n(-c3ccccc3)c(=O)c2c1C. The molecule has 1 N–H and O–H groups in total. The van der Waals surface area contributed by atoms with E-state index in [9.17, 15) is 9.59 Å². The molecule has 0 radical (unpaired) electrons. The van der Waals surface area contributed by atoms with Gasteiger partial charge in [0.25, 0.3) is 5.56 Å². The number of carbonyl (C=O) groups is 1. The minimum absolute atomic E-state index is 0.117. The fourth-order valence-corrected chi connectivity index (χ4v) is 5.05. The first-order valence-electron chi connectivity index (χ1n) is 9.20. The quantitative estimate of drug-likeness (QED) is 0.321. The lowest BCUT2D eigenvalue weighted by atomic mass is 10.2. The summed E-state index contributed by atoms with van der Waals surface area (Å²) in [5.41, 5.74) is 2.22. The van der Waals surface area contributed by atoms with Gasteiger partial charge < -0.3 is 5.32 Å². The molecule has 2 aromatic carbocycles. The first kappa shape index (κ1) is 20.7. The van der Waals surface area contributed by atoms with Gasteiger partial charge in [0, 0.05) is 15.6 Å². The Kier molecular flexibility index (Phi) is 5.94. The highest BCUT2D eigenvalue weighted by atomic mass is 35.5. The number of carbonyl (C=O) groups excluding carboxylic acids is 1. The molecule has 2 heterocycles. The van der Waals surface area contributed by atoms with Crippen LogP contribution in [0.5, 0.6) is 0 Å². The van der Waals surface area contributed by atoms with E-state index in [0.717, 1.165) is 16.1 Å². The molecule has 0 fully saturated rings. The van der Waals surface area contributed by atoms with Crippen LogP contribution in [-0.4, -0.2) is 21.2 Å². The van der Waals surface area contributed by atoms with Crippen LogP contribution in [0.1, 0.15) is 10.4 Å². The second-order valence-electron chi connectivity index (χ2n) is 6.68. The van der Waals surface area contributed by atoms with Gasteiger partial charge in [0.1, 0.15) is 4.83 Å². The second-order valence-corrected chi connectivity index (χ2v) is 9.26. The van der Waals surface area contributed by atoms with Crippen LogP contribution in [0.15, 0.2) is 64.5 Å². The number of hydrogen-bond donors (Lipinski definition) is 1. The minimum atomic E-state index is -0.185. The van der Waals surface area contributed by atoms with Crippen molar-refractivity contribution in [1.29, 1.82) is 0 Å². The molecular weight excluding hydrogens is 438 g/mol. The first-order chi connectivity index (χ1) is 14.4. The highest BCUT2D eigenvalue weighted by Gasteiger charge is 2.18. The predicted molar refractivity (Wildman–Crippen MR) is 125 cm³/mol. The van der Waals surface area contributed by atoms with Gasteiger partial charge in [0.05, 0.1) is 16.8 Å². The Balaban J connectivity index is 1.68. The third-order valence-electron chi connectivity index (χ3n) is 4.65. The van der Waals surface area contributed by atoms with Crippen molar-refractivity contribution < 1.29 is 4.79 Å². The van der Waals surface area contributed by atoms with Crippen LogP contribution in [0.4, 0.5) is 5.69 Å². The Morgan fingerprint density at radius 2 is 1.83 bits per heavy atom. The number of rotatable bonds is 5. The van der Waals surface area contributed by atoms with Crippen molar-refractivity contribution in [2.45, 2.75) is 19.0 Å². The molecule has 0 saturated heterocycles. The molecule has 0 atom stereocenters. The third kappa shape index (κ3) is 4.14. The minimum Gasteiger partial charge on any atom is -0.325 e. The number of benzene rings is 2. The molecule has 152 valence electrons. The van der Waals surface area contributed by atoms with Gasteiger partial charge in [-0.05, 0) is 55.8 Å². The molecule has 0 saturated carbocycles. The van der Waals surface area contributed by atoms with E-state index < -0.39 is 0 Å². The van der Waals surface area contributed by atoms with Crippen LogP contribution in [0.25, 0.3) is 15.9 Å². The number of thiophene rings is 1. The molecular formula is C22H18ClN3O2S2. The van der Waals surface area contributed by atoms with E-state index in [1.807, 2.05) is 44.2 Å². The fraction of sp³-hybridized carbons (Fsp3) is 0.136. The molecule has 0 aliphatic carbocycles. The van der Waals surface area contributed by atoms with Gasteiger partial charge in [0.15, 0.2) is 5.16 Å². The Labute approximate surface area is 186 Å². The van der Waals surface area contributed by atoms with Gasteiger partial charge in [0.2, 0.25) is 5.91 Å². The molecule has 8 heteroatoms. The molecule has 30 heavy (non-hydrogen) atoms. The lowest BCUT2D eigenvalue weighted by Crippen LogP contribution is -2.22. The summed E-state index contributed by atoms with van der Waals surface area (Å²) >= 11 is 8.62. The molecule has 4 aromatic rings. The number of fused-ring (bicyclic) bond motifs is 1. The van der Waals surface area contributed by atoms with Crippen molar-refractivity contribution in [2.24, 2.45) is 0 Å². The van der Waals surface area contributed by atoms with Crippen molar-refractivity contribution in [1.82, 2.24) is 9.55 Å². The molecule has 0 bridgehead atoms. The first-order valence-corrected chi connectivity index (χ1v) is 11.4. The van der Waals surface area contributed by atoms with Gasteiger partial charge in [-0.25, -0.2) is 4.98 Å². The Morgan fingerprint density at radius 1 is 1.13 bits per heavy atom. The summed E-state index contributed by atoms with van der Waals surface area (Å²) < 4.78 is 1.59. The highest BCUT2D eigenvalue weighted by Crippen LogP contribution is 2.29. The maximum atomic E-state index is 13.4. The summed E-state index contributed by atoms with van der Waals surface area (Å²) in [4.78, 5) is 32.3. The van der Waals surface area contributed by atoms with E-state index in [1.165, 1.54) is 23.1 Å². The zero-order chi connectivity index (χ0) is 21.3. The Hall–Kier alpha value is -2.61. The van der Waals surface area contributed by atoms with Crippen molar-refractivity contribution in [2.75, 3.05) is 11.1 Å². The Morgan fingerprint density at radius 3 is 2.53 bits per heavy atom. The van der Waals surface area contributed by atoms with Gasteiger partial charge in [-0.3, -0.25) is 14.2 Å². The maximum Gasteiger partial charge on any atom is 0.267 e.